The van der Waals surface area contributed by atoms with Gasteiger partial charge in [0, 0.05) is 25.3 Å². The molecule has 2 heteroatoms. The third kappa shape index (κ3) is 1.75. The lowest BCUT2D eigenvalue weighted by Crippen LogP contribution is -2.26. The number of aryl methyl sites for hydroxylation is 1. The Balaban J connectivity index is 2.18. The van der Waals surface area contributed by atoms with E-state index < -0.39 is 0 Å². The molecule has 1 atom stereocenters. The van der Waals surface area contributed by atoms with Crippen LogP contribution < -0.4 is 5.32 Å². The van der Waals surface area contributed by atoms with E-state index in [9.17, 15) is 0 Å². The fraction of sp³-hybridized carbons (Fsp3) is 0.500. The van der Waals surface area contributed by atoms with Gasteiger partial charge in [-0.3, -0.25) is 0 Å². The molecule has 0 radical (unpaired) electrons. The largest absolute Gasteiger partial charge is 0.384 e. The molecular weight excluding hydrogens is 174 g/mol. The number of para-hydroxylation sites is 1. The SMILES string of the molecule is COCC1CNc2c(C)cccc2C1. The number of nitrogens with one attached hydrogen (secondary N) is 1. The third-order valence-electron chi connectivity index (χ3n) is 2.84. The Morgan fingerprint density at radius 2 is 2.36 bits per heavy atom. The highest BCUT2D eigenvalue weighted by atomic mass is 16.5. The number of rotatable bonds is 2. The number of anilines is 1. The highest BCUT2D eigenvalue weighted by molar-refractivity contribution is 5.58. The molecule has 1 heterocycles. The summed E-state index contributed by atoms with van der Waals surface area (Å²) >= 11 is 0. The summed E-state index contributed by atoms with van der Waals surface area (Å²) < 4.78 is 5.19. The van der Waals surface area contributed by atoms with Gasteiger partial charge in [0.25, 0.3) is 0 Å². The summed E-state index contributed by atoms with van der Waals surface area (Å²) in [7, 11) is 1.77. The first-order valence-corrected chi connectivity index (χ1v) is 5.12. The van der Waals surface area contributed by atoms with E-state index in [1.54, 1.807) is 7.11 Å². The molecule has 0 aromatic heterocycles. The smallest absolute Gasteiger partial charge is 0.0510 e. The van der Waals surface area contributed by atoms with E-state index in [1.807, 2.05) is 0 Å². The minimum atomic E-state index is 0.620. The molecule has 0 aliphatic carbocycles. The van der Waals surface area contributed by atoms with E-state index in [0.29, 0.717) is 5.92 Å². The summed E-state index contributed by atoms with van der Waals surface area (Å²) in [5.74, 6) is 0.620. The van der Waals surface area contributed by atoms with Gasteiger partial charge in [-0.1, -0.05) is 18.2 Å². The molecule has 0 amide bonds. The Bertz CT molecular complexity index is 322. The molecule has 1 aromatic carbocycles. The van der Waals surface area contributed by atoms with Crippen LogP contribution in [-0.2, 0) is 11.2 Å². The number of benzene rings is 1. The topological polar surface area (TPSA) is 21.3 Å². The maximum Gasteiger partial charge on any atom is 0.0510 e. The first-order valence-electron chi connectivity index (χ1n) is 5.12. The van der Waals surface area contributed by atoms with Gasteiger partial charge in [0.15, 0.2) is 0 Å². The fourth-order valence-electron chi connectivity index (χ4n) is 2.13. The van der Waals surface area contributed by atoms with Crippen LogP contribution in [-0.4, -0.2) is 20.3 Å². The van der Waals surface area contributed by atoms with Crippen molar-refractivity contribution in [3.8, 4) is 0 Å². The molecule has 0 fully saturated rings. The van der Waals surface area contributed by atoms with Crippen molar-refractivity contribution in [3.63, 3.8) is 0 Å². The molecule has 1 N–H and O–H groups in total. The van der Waals surface area contributed by atoms with Crippen LogP contribution in [0.15, 0.2) is 18.2 Å². The number of hydrogen-bond donors (Lipinski definition) is 1. The van der Waals surface area contributed by atoms with Gasteiger partial charge in [0.1, 0.15) is 0 Å². The molecule has 0 bridgehead atoms. The second-order valence-corrected chi connectivity index (χ2v) is 4.02. The molecule has 14 heavy (non-hydrogen) atoms. The molecule has 0 saturated carbocycles. The standard InChI is InChI=1S/C12H17NO/c1-9-4-3-5-11-6-10(8-14-2)7-13-12(9)11/h3-5,10,13H,6-8H2,1-2H3. The van der Waals surface area contributed by atoms with Crippen molar-refractivity contribution in [2.45, 2.75) is 13.3 Å². The van der Waals surface area contributed by atoms with Crippen LogP contribution in [0.2, 0.25) is 0 Å². The fourth-order valence-corrected chi connectivity index (χ4v) is 2.13. The Labute approximate surface area is 85.3 Å². The minimum Gasteiger partial charge on any atom is -0.384 e. The molecule has 1 unspecified atom stereocenters. The van der Waals surface area contributed by atoms with E-state index in [-0.39, 0.29) is 0 Å². The second kappa shape index (κ2) is 4.01. The maximum absolute atomic E-state index is 5.19. The van der Waals surface area contributed by atoms with Crippen molar-refractivity contribution >= 4 is 5.69 Å². The van der Waals surface area contributed by atoms with E-state index in [2.05, 4.69) is 30.4 Å². The Kier molecular flexibility index (Phi) is 2.73. The second-order valence-electron chi connectivity index (χ2n) is 4.02. The van der Waals surface area contributed by atoms with Crippen LogP contribution in [0, 0.1) is 12.8 Å². The summed E-state index contributed by atoms with van der Waals surface area (Å²) in [6.45, 7) is 4.04. The third-order valence-corrected chi connectivity index (χ3v) is 2.84. The predicted octanol–water partition coefficient (Wildman–Crippen LogP) is 2.23. The van der Waals surface area contributed by atoms with Gasteiger partial charge in [0.2, 0.25) is 0 Å². The van der Waals surface area contributed by atoms with Crippen LogP contribution in [0.3, 0.4) is 0 Å². The lowest BCUT2D eigenvalue weighted by molar-refractivity contribution is 0.156. The molecule has 1 aliphatic rings. The van der Waals surface area contributed by atoms with E-state index in [1.165, 1.54) is 16.8 Å². The lowest BCUT2D eigenvalue weighted by Gasteiger charge is -2.26. The van der Waals surface area contributed by atoms with Gasteiger partial charge >= 0.3 is 0 Å². The predicted molar refractivity (Wildman–Crippen MR) is 58.7 cm³/mol. The van der Waals surface area contributed by atoms with Gasteiger partial charge in [-0.2, -0.15) is 0 Å². The molecule has 76 valence electrons. The summed E-state index contributed by atoms with van der Waals surface area (Å²) in [5, 5.41) is 3.49. The molecule has 1 aromatic rings. The van der Waals surface area contributed by atoms with E-state index in [0.717, 1.165) is 19.6 Å². The van der Waals surface area contributed by atoms with Crippen LogP contribution >= 0.6 is 0 Å². The summed E-state index contributed by atoms with van der Waals surface area (Å²) in [6, 6.07) is 6.49. The van der Waals surface area contributed by atoms with Gasteiger partial charge in [-0.25, -0.2) is 0 Å². The molecule has 0 spiro atoms. The Hall–Kier alpha value is -1.02. The van der Waals surface area contributed by atoms with Crippen molar-refractivity contribution < 1.29 is 4.74 Å². The van der Waals surface area contributed by atoms with Crippen molar-refractivity contribution in [1.29, 1.82) is 0 Å². The first-order chi connectivity index (χ1) is 6.81. The Morgan fingerprint density at radius 3 is 3.14 bits per heavy atom. The van der Waals surface area contributed by atoms with Crippen LogP contribution in [0.25, 0.3) is 0 Å². The van der Waals surface area contributed by atoms with Crippen LogP contribution in [0.5, 0.6) is 0 Å². The van der Waals surface area contributed by atoms with Crippen molar-refractivity contribution in [2.75, 3.05) is 25.6 Å². The zero-order chi connectivity index (χ0) is 9.97. The lowest BCUT2D eigenvalue weighted by atomic mass is 9.93. The average Bonchev–Trinajstić information content (AvgIpc) is 2.18. The quantitative estimate of drug-likeness (QED) is 0.774. The number of fused-ring (bicyclic) bond motifs is 1. The van der Waals surface area contributed by atoms with Gasteiger partial charge < -0.3 is 10.1 Å². The van der Waals surface area contributed by atoms with Gasteiger partial charge in [-0.15, -0.1) is 0 Å². The van der Waals surface area contributed by atoms with Crippen molar-refractivity contribution in [3.05, 3.63) is 29.3 Å². The monoisotopic (exact) mass is 191 g/mol. The number of methoxy groups -OCH3 is 1. The van der Waals surface area contributed by atoms with Gasteiger partial charge in [0.05, 0.1) is 6.61 Å². The molecular formula is C12H17NO. The Morgan fingerprint density at radius 1 is 1.50 bits per heavy atom. The number of hydrogen-bond acceptors (Lipinski definition) is 2. The first kappa shape index (κ1) is 9.53. The molecule has 2 nitrogen and oxygen atoms in total. The zero-order valence-electron chi connectivity index (χ0n) is 8.84. The molecule has 1 aliphatic heterocycles. The van der Waals surface area contributed by atoms with Crippen molar-refractivity contribution in [2.24, 2.45) is 5.92 Å². The summed E-state index contributed by atoms with van der Waals surface area (Å²) in [5.41, 5.74) is 4.11. The molecule has 0 saturated heterocycles. The number of ether oxygens (including phenoxy) is 1. The zero-order valence-corrected chi connectivity index (χ0v) is 8.84. The van der Waals surface area contributed by atoms with E-state index >= 15 is 0 Å². The van der Waals surface area contributed by atoms with Crippen LogP contribution in [0.1, 0.15) is 11.1 Å². The highest BCUT2D eigenvalue weighted by Crippen LogP contribution is 2.27. The molecule has 2 rings (SSSR count). The van der Waals surface area contributed by atoms with Crippen LogP contribution in [0.4, 0.5) is 5.69 Å². The highest BCUT2D eigenvalue weighted by Gasteiger charge is 2.18. The normalized spacial score (nSPS) is 20.0. The summed E-state index contributed by atoms with van der Waals surface area (Å²) in [6.07, 6.45) is 1.14. The average molecular weight is 191 g/mol. The minimum absolute atomic E-state index is 0.620. The van der Waals surface area contributed by atoms with Gasteiger partial charge in [-0.05, 0) is 24.5 Å². The maximum atomic E-state index is 5.19. The van der Waals surface area contributed by atoms with Crippen molar-refractivity contribution in [1.82, 2.24) is 0 Å². The van der Waals surface area contributed by atoms with E-state index in [4.69, 9.17) is 4.74 Å². The summed E-state index contributed by atoms with van der Waals surface area (Å²) in [4.78, 5) is 0.